The van der Waals surface area contributed by atoms with Crippen molar-refractivity contribution in [3.05, 3.63) is 75.8 Å². The third kappa shape index (κ3) is 2.83. The summed E-state index contributed by atoms with van der Waals surface area (Å²) in [5, 5.41) is 0. The second kappa shape index (κ2) is 6.82. The molecule has 1 aromatic heterocycles. The van der Waals surface area contributed by atoms with E-state index in [-0.39, 0.29) is 0 Å². The topological polar surface area (TPSA) is 34.0 Å². The monoisotopic (exact) mass is 360 g/mol. The predicted molar refractivity (Wildman–Crippen MR) is 112 cm³/mol. The number of rotatable bonds is 4. The SMILES string of the molecule is Cc1cccc(C)c1C=Cc1cc(C)c2n1[B-](F)[N+]1=CC=CC1=C2CCN. The summed E-state index contributed by atoms with van der Waals surface area (Å²) in [6.07, 6.45) is 10.5. The van der Waals surface area contributed by atoms with Gasteiger partial charge < -0.3 is 19.0 Å². The smallest absolute Gasteiger partial charge is 0.445 e. The van der Waals surface area contributed by atoms with Crippen molar-refractivity contribution in [3.63, 3.8) is 0 Å². The molecule has 2 aliphatic rings. The lowest BCUT2D eigenvalue weighted by Gasteiger charge is -2.30. The van der Waals surface area contributed by atoms with Gasteiger partial charge in [0.25, 0.3) is 0 Å². The van der Waals surface area contributed by atoms with Gasteiger partial charge in [-0.2, -0.15) is 0 Å². The van der Waals surface area contributed by atoms with Crippen LogP contribution >= 0.6 is 0 Å². The van der Waals surface area contributed by atoms with E-state index in [1.807, 2.05) is 25.2 Å². The number of fused-ring (bicyclic) bond motifs is 2. The molecule has 0 atom stereocenters. The quantitative estimate of drug-likeness (QED) is 0.818. The molecule has 3 nitrogen and oxygen atoms in total. The Hall–Kier alpha value is -2.66. The molecule has 0 amide bonds. The fourth-order valence-corrected chi connectivity index (χ4v) is 4.15. The number of hydrogen-bond donors (Lipinski definition) is 1. The zero-order valence-corrected chi connectivity index (χ0v) is 16.0. The van der Waals surface area contributed by atoms with Crippen LogP contribution < -0.4 is 5.73 Å². The summed E-state index contributed by atoms with van der Waals surface area (Å²) in [5.74, 6) is 0. The number of benzene rings is 1. The molecule has 4 rings (SSSR count). The summed E-state index contributed by atoms with van der Waals surface area (Å²) in [6, 6.07) is 8.32. The van der Waals surface area contributed by atoms with E-state index < -0.39 is 7.26 Å². The first kappa shape index (κ1) is 17.7. The van der Waals surface area contributed by atoms with Gasteiger partial charge in [-0.05, 0) is 68.1 Å². The van der Waals surface area contributed by atoms with Crippen molar-refractivity contribution in [1.29, 1.82) is 0 Å². The number of nitrogens with zero attached hydrogens (tertiary/aromatic N) is 2. The van der Waals surface area contributed by atoms with Crippen LogP contribution in [0.1, 0.15) is 40.1 Å². The van der Waals surface area contributed by atoms with Crippen molar-refractivity contribution < 1.29 is 8.80 Å². The van der Waals surface area contributed by atoms with Crippen LogP contribution in [0.3, 0.4) is 0 Å². The standard InChI is InChI=1S/C22H24BFN3/c1-15-6-4-7-16(2)19(15)10-9-18-14-17(3)22-20(11-12-25)21-8-5-13-26(21)23(24)27(18)22/h4-10,13-14H,11-12,25H2,1-3H3. The average Bonchev–Trinajstić information content (AvgIpc) is 3.24. The molecule has 2 aliphatic heterocycles. The molecule has 2 aromatic rings. The number of hydrogen-bond acceptors (Lipinski definition) is 1. The van der Waals surface area contributed by atoms with Crippen LogP contribution in [0.4, 0.5) is 4.32 Å². The van der Waals surface area contributed by atoms with Crippen LogP contribution in [0.2, 0.25) is 0 Å². The van der Waals surface area contributed by atoms with Gasteiger partial charge in [-0.15, -0.1) is 0 Å². The number of aromatic nitrogens is 1. The molecule has 0 fully saturated rings. The van der Waals surface area contributed by atoms with Crippen molar-refractivity contribution in [2.45, 2.75) is 27.2 Å². The molecule has 1 radical (unpaired) electrons. The Morgan fingerprint density at radius 1 is 1.15 bits per heavy atom. The molecule has 0 saturated carbocycles. The molecule has 0 bridgehead atoms. The van der Waals surface area contributed by atoms with Gasteiger partial charge in [0.1, 0.15) is 6.21 Å². The highest BCUT2D eigenvalue weighted by atomic mass is 19.1. The van der Waals surface area contributed by atoms with E-state index >= 15 is 4.32 Å². The Labute approximate surface area is 160 Å². The van der Waals surface area contributed by atoms with E-state index in [4.69, 9.17) is 5.73 Å². The molecule has 27 heavy (non-hydrogen) atoms. The number of aryl methyl sites for hydroxylation is 3. The Bertz CT molecular complexity index is 1020. The fourth-order valence-electron chi connectivity index (χ4n) is 4.15. The van der Waals surface area contributed by atoms with Crippen LogP contribution in [0.15, 0.2) is 42.1 Å². The van der Waals surface area contributed by atoms with Gasteiger partial charge in [0.2, 0.25) is 0 Å². The van der Waals surface area contributed by atoms with Crippen LogP contribution in [0, 0.1) is 20.8 Å². The molecule has 137 valence electrons. The normalized spacial score (nSPS) is 16.3. The van der Waals surface area contributed by atoms with E-state index in [0.29, 0.717) is 6.54 Å². The Morgan fingerprint density at radius 2 is 1.89 bits per heavy atom. The molecule has 0 unspecified atom stereocenters. The summed E-state index contributed by atoms with van der Waals surface area (Å²) in [4.78, 5) is 0. The Kier molecular flexibility index (Phi) is 4.48. The van der Waals surface area contributed by atoms with E-state index in [1.54, 1.807) is 15.2 Å². The molecular formula is C22H24BFN3. The fraction of sp³-hybridized carbons (Fsp3) is 0.227. The highest BCUT2D eigenvalue weighted by Crippen LogP contribution is 2.36. The first-order chi connectivity index (χ1) is 13.0. The summed E-state index contributed by atoms with van der Waals surface area (Å²) in [7, 11) is -1.25. The molecule has 3 heterocycles. The largest absolute Gasteiger partial charge is 0.533 e. The first-order valence-electron chi connectivity index (χ1n) is 9.36. The lowest BCUT2D eigenvalue weighted by Crippen LogP contribution is -2.39. The summed E-state index contributed by atoms with van der Waals surface area (Å²) < 4.78 is 18.9. The molecule has 1 aromatic carbocycles. The molecule has 2 N–H and O–H groups in total. The van der Waals surface area contributed by atoms with Crippen molar-refractivity contribution in [2.75, 3.05) is 6.54 Å². The second-order valence-corrected chi connectivity index (χ2v) is 7.24. The average molecular weight is 360 g/mol. The number of nitrogens with two attached hydrogens (primary N) is 1. The maximum Gasteiger partial charge on any atom is 0.533 e. The highest BCUT2D eigenvalue weighted by molar-refractivity contribution is 6.43. The molecule has 5 heteroatoms. The van der Waals surface area contributed by atoms with Gasteiger partial charge >= 0.3 is 7.26 Å². The third-order valence-electron chi connectivity index (χ3n) is 5.43. The molecule has 0 saturated heterocycles. The van der Waals surface area contributed by atoms with Crippen LogP contribution in [0.5, 0.6) is 0 Å². The van der Waals surface area contributed by atoms with Crippen molar-refractivity contribution in [1.82, 2.24) is 4.48 Å². The van der Waals surface area contributed by atoms with E-state index in [2.05, 4.69) is 44.2 Å². The molecule has 0 aliphatic carbocycles. The van der Waals surface area contributed by atoms with Crippen molar-refractivity contribution in [3.8, 4) is 0 Å². The minimum absolute atomic E-state index is 0.537. The van der Waals surface area contributed by atoms with Crippen molar-refractivity contribution >= 4 is 31.2 Å². The lowest BCUT2D eigenvalue weighted by molar-refractivity contribution is -0.329. The van der Waals surface area contributed by atoms with E-state index in [1.165, 1.54) is 16.7 Å². The maximum atomic E-state index is 15.4. The first-order valence-corrected chi connectivity index (χ1v) is 9.36. The van der Waals surface area contributed by atoms with E-state index in [0.717, 1.165) is 34.6 Å². The van der Waals surface area contributed by atoms with Gasteiger partial charge in [-0.1, -0.05) is 24.3 Å². The lowest BCUT2D eigenvalue weighted by atomic mass is 9.91. The minimum Gasteiger partial charge on any atom is -0.445 e. The predicted octanol–water partition coefficient (Wildman–Crippen LogP) is 4.11. The maximum absolute atomic E-state index is 15.4. The van der Waals surface area contributed by atoms with Crippen molar-refractivity contribution in [2.24, 2.45) is 5.73 Å². The zero-order valence-electron chi connectivity index (χ0n) is 16.0. The van der Waals surface area contributed by atoms with Crippen LogP contribution in [-0.4, -0.2) is 29.0 Å². The van der Waals surface area contributed by atoms with E-state index in [9.17, 15) is 0 Å². The van der Waals surface area contributed by atoms with Gasteiger partial charge in [-0.3, -0.25) is 0 Å². The van der Waals surface area contributed by atoms with Crippen LogP contribution in [-0.2, 0) is 0 Å². The molecule has 0 spiro atoms. The zero-order chi connectivity index (χ0) is 19.1. The number of halogens is 1. The summed E-state index contributed by atoms with van der Waals surface area (Å²) in [6.45, 7) is 6.78. The van der Waals surface area contributed by atoms with Gasteiger partial charge in [-0.25, -0.2) is 0 Å². The van der Waals surface area contributed by atoms with Gasteiger partial charge in [0.15, 0.2) is 5.70 Å². The summed E-state index contributed by atoms with van der Waals surface area (Å²) in [5.41, 5.74) is 14.4. The molecular weight excluding hydrogens is 336 g/mol. The highest BCUT2D eigenvalue weighted by Gasteiger charge is 2.34. The minimum atomic E-state index is -1.25. The third-order valence-corrected chi connectivity index (χ3v) is 5.43. The summed E-state index contributed by atoms with van der Waals surface area (Å²) >= 11 is 0. The van der Waals surface area contributed by atoms with Gasteiger partial charge in [0.05, 0.1) is 0 Å². The Morgan fingerprint density at radius 3 is 2.59 bits per heavy atom. The van der Waals surface area contributed by atoms with Crippen LogP contribution in [0.25, 0.3) is 17.7 Å². The number of allylic oxidation sites excluding steroid dienone is 2. The van der Waals surface area contributed by atoms with Gasteiger partial charge in [0, 0.05) is 29.1 Å². The second-order valence-electron chi connectivity index (χ2n) is 7.24. The Balaban J connectivity index is 1.85.